The lowest BCUT2D eigenvalue weighted by molar-refractivity contribution is -0.119. The highest BCUT2D eigenvalue weighted by Gasteiger charge is 2.13. The van der Waals surface area contributed by atoms with E-state index in [2.05, 4.69) is 15.0 Å². The zero-order valence-corrected chi connectivity index (χ0v) is 9.24. The second kappa shape index (κ2) is 4.63. The lowest BCUT2D eigenvalue weighted by Crippen LogP contribution is -2.05. The average molecular weight is 226 g/mol. The Kier molecular flexibility index (Phi) is 3.03. The molecule has 0 saturated heterocycles. The number of benzene rings is 1. The summed E-state index contributed by atoms with van der Waals surface area (Å²) in [5.41, 5.74) is 9.07. The van der Waals surface area contributed by atoms with Crippen LogP contribution in [0.3, 0.4) is 0 Å². The maximum Gasteiger partial charge on any atom is 0.226 e. The Morgan fingerprint density at radius 3 is 3.00 bits per heavy atom. The van der Waals surface area contributed by atoms with Gasteiger partial charge in [-0.3, -0.25) is 9.78 Å². The molecule has 0 N–H and O–H groups in total. The molecule has 84 valence electrons. The number of amides is 1. The average Bonchev–Trinajstić information content (AvgIpc) is 2.37. The van der Waals surface area contributed by atoms with Crippen LogP contribution >= 0.6 is 0 Å². The SMILES string of the molecule is CC(C(=O)N=[N+]=[N-])c1ccc2cnccc2c1. The summed E-state index contributed by atoms with van der Waals surface area (Å²) < 4.78 is 0. The van der Waals surface area contributed by atoms with Gasteiger partial charge in [0.15, 0.2) is 0 Å². The smallest absolute Gasteiger partial charge is 0.226 e. The van der Waals surface area contributed by atoms with E-state index in [1.165, 1.54) is 0 Å². The van der Waals surface area contributed by atoms with Gasteiger partial charge in [-0.25, -0.2) is 0 Å². The highest BCUT2D eigenvalue weighted by Crippen LogP contribution is 2.22. The van der Waals surface area contributed by atoms with E-state index in [-0.39, 0.29) is 0 Å². The quantitative estimate of drug-likeness (QED) is 0.447. The predicted molar refractivity (Wildman–Crippen MR) is 64.3 cm³/mol. The summed E-state index contributed by atoms with van der Waals surface area (Å²) >= 11 is 0. The molecule has 1 aromatic carbocycles. The second-order valence-corrected chi connectivity index (χ2v) is 3.73. The molecule has 0 aliphatic heterocycles. The third kappa shape index (κ3) is 2.24. The molecule has 1 amide bonds. The van der Waals surface area contributed by atoms with Crippen molar-refractivity contribution in [1.82, 2.24) is 4.98 Å². The molecular formula is C12H10N4O. The van der Waals surface area contributed by atoms with Gasteiger partial charge < -0.3 is 0 Å². The summed E-state index contributed by atoms with van der Waals surface area (Å²) in [6, 6.07) is 7.53. The fraction of sp³-hybridized carbons (Fsp3) is 0.167. The topological polar surface area (TPSA) is 78.7 Å². The number of fused-ring (bicyclic) bond motifs is 1. The summed E-state index contributed by atoms with van der Waals surface area (Å²) in [6.07, 6.45) is 3.46. The van der Waals surface area contributed by atoms with Crippen molar-refractivity contribution in [1.29, 1.82) is 0 Å². The number of carbonyl (C=O) groups is 1. The zero-order valence-electron chi connectivity index (χ0n) is 9.24. The molecule has 0 aliphatic carbocycles. The van der Waals surface area contributed by atoms with E-state index >= 15 is 0 Å². The van der Waals surface area contributed by atoms with Gasteiger partial charge in [0.1, 0.15) is 0 Å². The monoisotopic (exact) mass is 226 g/mol. The Hall–Kier alpha value is -2.39. The summed E-state index contributed by atoms with van der Waals surface area (Å²) in [5, 5.41) is 5.14. The number of carbonyl (C=O) groups excluding carboxylic acids is 1. The molecule has 1 heterocycles. The number of hydrogen-bond acceptors (Lipinski definition) is 2. The molecule has 1 unspecified atom stereocenters. The molecule has 1 atom stereocenters. The van der Waals surface area contributed by atoms with Gasteiger partial charge in [-0.05, 0) is 27.7 Å². The number of pyridine rings is 1. The van der Waals surface area contributed by atoms with Crippen LogP contribution in [-0.2, 0) is 4.79 Å². The molecular weight excluding hydrogens is 216 g/mol. The van der Waals surface area contributed by atoms with Crippen molar-refractivity contribution >= 4 is 16.7 Å². The molecule has 0 spiro atoms. The molecule has 0 radical (unpaired) electrons. The summed E-state index contributed by atoms with van der Waals surface area (Å²) in [4.78, 5) is 18.0. The Bertz CT molecular complexity index is 617. The Morgan fingerprint density at radius 1 is 1.41 bits per heavy atom. The Balaban J connectivity index is 2.42. The molecule has 1 aromatic heterocycles. The van der Waals surface area contributed by atoms with Crippen LogP contribution in [0.2, 0.25) is 0 Å². The van der Waals surface area contributed by atoms with Crippen LogP contribution in [-0.4, -0.2) is 10.9 Å². The van der Waals surface area contributed by atoms with Crippen LogP contribution in [0.15, 0.2) is 41.8 Å². The maximum atomic E-state index is 11.4. The number of nitrogens with zero attached hydrogens (tertiary/aromatic N) is 4. The molecule has 5 heteroatoms. The largest absolute Gasteiger partial charge is 0.292 e. The van der Waals surface area contributed by atoms with Crippen molar-refractivity contribution in [3.63, 3.8) is 0 Å². The minimum absolute atomic E-state index is 0.427. The molecule has 0 saturated carbocycles. The molecule has 17 heavy (non-hydrogen) atoms. The first-order chi connectivity index (χ1) is 8.22. The zero-order chi connectivity index (χ0) is 12.3. The van der Waals surface area contributed by atoms with Crippen LogP contribution in [0, 0.1) is 0 Å². The Morgan fingerprint density at radius 2 is 2.24 bits per heavy atom. The van der Waals surface area contributed by atoms with Crippen molar-refractivity contribution in [3.05, 3.63) is 52.7 Å². The van der Waals surface area contributed by atoms with Gasteiger partial charge in [0, 0.05) is 28.6 Å². The van der Waals surface area contributed by atoms with E-state index in [1.807, 2.05) is 24.3 Å². The van der Waals surface area contributed by atoms with Gasteiger partial charge in [0.05, 0.1) is 0 Å². The van der Waals surface area contributed by atoms with Crippen molar-refractivity contribution in [2.75, 3.05) is 0 Å². The third-order valence-corrected chi connectivity index (χ3v) is 2.68. The highest BCUT2D eigenvalue weighted by atomic mass is 16.1. The van der Waals surface area contributed by atoms with Crippen LogP contribution in [0.4, 0.5) is 0 Å². The number of rotatable bonds is 2. The van der Waals surface area contributed by atoms with Crippen molar-refractivity contribution in [3.8, 4) is 0 Å². The molecule has 0 bridgehead atoms. The van der Waals surface area contributed by atoms with Crippen LogP contribution < -0.4 is 0 Å². The fourth-order valence-electron chi connectivity index (χ4n) is 1.64. The highest BCUT2D eigenvalue weighted by molar-refractivity contribution is 5.87. The van der Waals surface area contributed by atoms with E-state index in [0.29, 0.717) is 0 Å². The predicted octanol–water partition coefficient (Wildman–Crippen LogP) is 3.18. The van der Waals surface area contributed by atoms with Gasteiger partial charge >= 0.3 is 0 Å². The first-order valence-electron chi connectivity index (χ1n) is 5.15. The van der Waals surface area contributed by atoms with Gasteiger partial charge in [-0.2, -0.15) is 0 Å². The van der Waals surface area contributed by atoms with Crippen LogP contribution in [0.25, 0.3) is 21.2 Å². The molecule has 5 nitrogen and oxygen atoms in total. The van der Waals surface area contributed by atoms with E-state index in [9.17, 15) is 4.79 Å². The number of hydrogen-bond donors (Lipinski definition) is 0. The lowest BCUT2D eigenvalue weighted by Gasteiger charge is -2.08. The number of aromatic nitrogens is 1. The van der Waals surface area contributed by atoms with Gasteiger partial charge in [0.25, 0.3) is 0 Å². The second-order valence-electron chi connectivity index (χ2n) is 3.73. The van der Waals surface area contributed by atoms with E-state index in [0.717, 1.165) is 16.3 Å². The molecule has 0 fully saturated rings. The summed E-state index contributed by atoms with van der Waals surface area (Å²) in [7, 11) is 0. The summed E-state index contributed by atoms with van der Waals surface area (Å²) in [6.45, 7) is 1.72. The van der Waals surface area contributed by atoms with Gasteiger partial charge in [-0.15, -0.1) is 0 Å². The first-order valence-corrected chi connectivity index (χ1v) is 5.15. The third-order valence-electron chi connectivity index (χ3n) is 2.68. The first kappa shape index (κ1) is 11.1. The van der Waals surface area contributed by atoms with E-state index in [1.54, 1.807) is 19.3 Å². The fourth-order valence-corrected chi connectivity index (χ4v) is 1.64. The van der Waals surface area contributed by atoms with Crippen molar-refractivity contribution in [2.24, 2.45) is 5.11 Å². The molecule has 0 aliphatic rings. The minimum atomic E-state index is -0.471. The molecule has 2 rings (SSSR count). The minimum Gasteiger partial charge on any atom is -0.292 e. The van der Waals surface area contributed by atoms with E-state index < -0.39 is 11.8 Å². The normalized spacial score (nSPS) is 11.8. The summed E-state index contributed by atoms with van der Waals surface area (Å²) in [5.74, 6) is -0.899. The van der Waals surface area contributed by atoms with Crippen LogP contribution in [0.5, 0.6) is 0 Å². The van der Waals surface area contributed by atoms with Gasteiger partial charge in [0.2, 0.25) is 5.91 Å². The van der Waals surface area contributed by atoms with Crippen LogP contribution in [0.1, 0.15) is 18.4 Å². The van der Waals surface area contributed by atoms with Gasteiger partial charge in [-0.1, -0.05) is 25.1 Å². The maximum absolute atomic E-state index is 11.4. The van der Waals surface area contributed by atoms with Crippen molar-refractivity contribution in [2.45, 2.75) is 12.8 Å². The van der Waals surface area contributed by atoms with E-state index in [4.69, 9.17) is 5.53 Å². The lowest BCUT2D eigenvalue weighted by atomic mass is 9.98. The Labute approximate surface area is 97.7 Å². The standard InChI is InChI=1S/C12H10N4O/c1-8(12(17)15-16-13)9-2-3-11-7-14-5-4-10(11)6-9/h2-8H,1H3. The molecule has 2 aromatic rings. The van der Waals surface area contributed by atoms with Crippen molar-refractivity contribution < 1.29 is 4.79 Å². The number of azide groups is 1.